The van der Waals surface area contributed by atoms with Crippen molar-refractivity contribution >= 4 is 39.9 Å². The van der Waals surface area contributed by atoms with Crippen LogP contribution < -0.4 is 4.90 Å². The Kier molecular flexibility index (Phi) is 7.36. The van der Waals surface area contributed by atoms with Gasteiger partial charge >= 0.3 is 5.97 Å². The van der Waals surface area contributed by atoms with Gasteiger partial charge in [-0.15, -0.1) is 0 Å². The van der Waals surface area contributed by atoms with E-state index in [1.807, 2.05) is 18.7 Å². The summed E-state index contributed by atoms with van der Waals surface area (Å²) in [6.45, 7) is 10.00. The second-order valence-electron chi connectivity index (χ2n) is 7.25. The van der Waals surface area contributed by atoms with E-state index in [1.54, 1.807) is 6.92 Å². The minimum atomic E-state index is -0.336. The molecule has 30 heavy (non-hydrogen) atoms. The van der Waals surface area contributed by atoms with Crippen LogP contribution in [0.2, 0.25) is 5.15 Å². The van der Waals surface area contributed by atoms with E-state index in [2.05, 4.69) is 26.8 Å². The topological polar surface area (TPSA) is 91.4 Å². The van der Waals surface area contributed by atoms with Crippen molar-refractivity contribution in [3.8, 4) is 0 Å². The molecule has 0 bridgehead atoms. The Hall–Kier alpha value is -2.13. The maximum absolute atomic E-state index is 13.1. The minimum Gasteiger partial charge on any atom is -0.462 e. The van der Waals surface area contributed by atoms with E-state index in [0.29, 0.717) is 54.2 Å². The van der Waals surface area contributed by atoms with Crippen LogP contribution in [0.1, 0.15) is 65.3 Å². The van der Waals surface area contributed by atoms with Crippen molar-refractivity contribution in [1.82, 2.24) is 19.9 Å². The Bertz CT molecular complexity index is 906. The standard InChI is InChI=1S/C20H28ClN5O3S/c1-5-8-9-26(18(27)17-23-14(6-2)16(21)24-17)13-10-25(11-13)20-22-12(4)15(30-20)19(28)29-7-3/h13H,5-11H2,1-4H3,(H,23,24). The molecule has 0 unspecified atom stereocenters. The number of hydrogen-bond acceptors (Lipinski definition) is 7. The third kappa shape index (κ3) is 4.62. The van der Waals surface area contributed by atoms with Gasteiger partial charge in [0.05, 0.1) is 24.0 Å². The smallest absolute Gasteiger partial charge is 0.350 e. The lowest BCUT2D eigenvalue weighted by atomic mass is 10.1. The fraction of sp³-hybridized carbons (Fsp3) is 0.600. The Morgan fingerprint density at radius 3 is 2.63 bits per heavy atom. The first-order valence-electron chi connectivity index (χ1n) is 10.3. The summed E-state index contributed by atoms with van der Waals surface area (Å²) in [7, 11) is 0. The second-order valence-corrected chi connectivity index (χ2v) is 8.59. The summed E-state index contributed by atoms with van der Waals surface area (Å²) in [5.74, 6) is -0.171. The van der Waals surface area contributed by atoms with E-state index >= 15 is 0 Å². The van der Waals surface area contributed by atoms with Crippen molar-refractivity contribution in [2.75, 3.05) is 31.1 Å². The Morgan fingerprint density at radius 2 is 2.03 bits per heavy atom. The number of nitrogens with zero attached hydrogens (tertiary/aromatic N) is 4. The van der Waals surface area contributed by atoms with Gasteiger partial charge in [0.2, 0.25) is 0 Å². The SMILES string of the molecule is CCCCN(C(=O)c1nc(Cl)c(CC)[nH]1)C1CN(c2nc(C)c(C(=O)OCC)s2)C1. The molecular weight excluding hydrogens is 426 g/mol. The zero-order valence-electron chi connectivity index (χ0n) is 17.8. The number of imidazole rings is 1. The molecule has 2 aromatic heterocycles. The number of aromatic amines is 1. The number of carbonyl (C=O) groups excluding carboxylic acids is 2. The summed E-state index contributed by atoms with van der Waals surface area (Å²) < 4.78 is 5.10. The third-order valence-electron chi connectivity index (χ3n) is 5.12. The van der Waals surface area contributed by atoms with Gasteiger partial charge in [-0.25, -0.2) is 14.8 Å². The molecular formula is C20H28ClN5O3S. The van der Waals surface area contributed by atoms with Gasteiger partial charge in [-0.1, -0.05) is 43.2 Å². The average Bonchev–Trinajstić information content (AvgIpc) is 3.25. The number of unbranched alkanes of at least 4 members (excludes halogenated alkanes) is 1. The van der Waals surface area contributed by atoms with Crippen LogP contribution >= 0.6 is 22.9 Å². The van der Waals surface area contributed by atoms with Gasteiger partial charge in [-0.3, -0.25) is 4.79 Å². The van der Waals surface area contributed by atoms with Crippen LogP contribution in [-0.4, -0.2) is 64.0 Å². The first kappa shape index (κ1) is 22.6. The quantitative estimate of drug-likeness (QED) is 0.582. The van der Waals surface area contributed by atoms with Gasteiger partial charge in [0, 0.05) is 19.6 Å². The van der Waals surface area contributed by atoms with Crippen LogP contribution in [0.3, 0.4) is 0 Å². The molecule has 0 aliphatic carbocycles. The number of aromatic nitrogens is 3. The molecule has 1 amide bonds. The normalized spacial score (nSPS) is 14.0. The molecule has 0 atom stereocenters. The molecule has 1 aliphatic heterocycles. The predicted molar refractivity (Wildman–Crippen MR) is 118 cm³/mol. The number of thiazole rings is 1. The van der Waals surface area contributed by atoms with Crippen LogP contribution in [0.15, 0.2) is 0 Å². The first-order chi connectivity index (χ1) is 14.4. The molecule has 2 aromatic rings. The zero-order chi connectivity index (χ0) is 21.8. The van der Waals surface area contributed by atoms with Crippen molar-refractivity contribution in [3.63, 3.8) is 0 Å². The number of amides is 1. The number of esters is 1. The zero-order valence-corrected chi connectivity index (χ0v) is 19.4. The van der Waals surface area contributed by atoms with Crippen molar-refractivity contribution in [2.24, 2.45) is 0 Å². The van der Waals surface area contributed by atoms with Crippen molar-refractivity contribution in [1.29, 1.82) is 0 Å². The van der Waals surface area contributed by atoms with Gasteiger partial charge in [0.1, 0.15) is 4.88 Å². The Balaban J connectivity index is 1.70. The highest BCUT2D eigenvalue weighted by Crippen LogP contribution is 2.31. The van der Waals surface area contributed by atoms with Gasteiger partial charge in [-0.05, 0) is 26.7 Å². The summed E-state index contributed by atoms with van der Waals surface area (Å²) in [4.78, 5) is 41.5. The van der Waals surface area contributed by atoms with E-state index in [1.165, 1.54) is 11.3 Å². The lowest BCUT2D eigenvalue weighted by Crippen LogP contribution is -2.61. The number of carbonyl (C=O) groups is 2. The van der Waals surface area contributed by atoms with Gasteiger partial charge in [-0.2, -0.15) is 0 Å². The number of nitrogens with one attached hydrogen (secondary N) is 1. The maximum Gasteiger partial charge on any atom is 0.350 e. The van der Waals surface area contributed by atoms with Crippen LogP contribution in [0.25, 0.3) is 0 Å². The van der Waals surface area contributed by atoms with Gasteiger partial charge in [0.15, 0.2) is 16.1 Å². The highest BCUT2D eigenvalue weighted by molar-refractivity contribution is 7.17. The molecule has 0 spiro atoms. The highest BCUT2D eigenvalue weighted by atomic mass is 35.5. The molecule has 164 valence electrons. The molecule has 0 saturated carbocycles. The van der Waals surface area contributed by atoms with Gasteiger partial charge in [0.25, 0.3) is 5.91 Å². The Labute approximate surface area is 185 Å². The summed E-state index contributed by atoms with van der Waals surface area (Å²) in [5.41, 5.74) is 1.45. The van der Waals surface area contributed by atoms with Crippen LogP contribution in [-0.2, 0) is 11.2 Å². The lowest BCUT2D eigenvalue weighted by molar-refractivity contribution is 0.0530. The monoisotopic (exact) mass is 453 g/mol. The van der Waals surface area contributed by atoms with E-state index in [0.717, 1.165) is 23.7 Å². The molecule has 1 fully saturated rings. The number of rotatable bonds is 9. The van der Waals surface area contributed by atoms with E-state index in [-0.39, 0.29) is 17.9 Å². The van der Waals surface area contributed by atoms with Gasteiger partial charge < -0.3 is 19.5 Å². The van der Waals surface area contributed by atoms with Crippen LogP contribution in [0.4, 0.5) is 5.13 Å². The third-order valence-corrected chi connectivity index (χ3v) is 6.63. The van der Waals surface area contributed by atoms with Crippen molar-refractivity contribution in [2.45, 2.75) is 53.0 Å². The number of anilines is 1. The minimum absolute atomic E-state index is 0.0632. The average molecular weight is 454 g/mol. The van der Waals surface area contributed by atoms with Crippen LogP contribution in [0, 0.1) is 6.92 Å². The predicted octanol–water partition coefficient (Wildman–Crippen LogP) is 3.70. The van der Waals surface area contributed by atoms with Crippen LogP contribution in [0.5, 0.6) is 0 Å². The molecule has 0 aromatic carbocycles. The molecule has 1 N–H and O–H groups in total. The number of ether oxygens (including phenoxy) is 1. The van der Waals surface area contributed by atoms with Crippen molar-refractivity contribution < 1.29 is 14.3 Å². The van der Waals surface area contributed by atoms with Crippen molar-refractivity contribution in [3.05, 3.63) is 27.2 Å². The number of aryl methyl sites for hydroxylation is 2. The van der Waals surface area contributed by atoms with E-state index < -0.39 is 0 Å². The largest absolute Gasteiger partial charge is 0.462 e. The highest BCUT2D eigenvalue weighted by Gasteiger charge is 2.37. The second kappa shape index (κ2) is 9.78. The molecule has 8 nitrogen and oxygen atoms in total. The Morgan fingerprint density at radius 1 is 1.30 bits per heavy atom. The first-order valence-corrected chi connectivity index (χ1v) is 11.5. The summed E-state index contributed by atoms with van der Waals surface area (Å²) in [6, 6.07) is 0.0632. The maximum atomic E-state index is 13.1. The fourth-order valence-corrected chi connectivity index (χ4v) is 4.59. The molecule has 3 rings (SSSR count). The molecule has 1 aliphatic rings. The summed E-state index contributed by atoms with van der Waals surface area (Å²) in [5, 5.41) is 1.14. The summed E-state index contributed by atoms with van der Waals surface area (Å²) >= 11 is 7.46. The molecule has 10 heteroatoms. The number of halogens is 1. The molecule has 3 heterocycles. The lowest BCUT2D eigenvalue weighted by Gasteiger charge is -2.45. The van der Waals surface area contributed by atoms with E-state index in [4.69, 9.17) is 16.3 Å². The summed E-state index contributed by atoms with van der Waals surface area (Å²) in [6.07, 6.45) is 2.60. The molecule has 1 saturated heterocycles. The number of H-pyrrole nitrogens is 1. The number of hydrogen-bond donors (Lipinski definition) is 1. The molecule has 0 radical (unpaired) electrons. The van der Waals surface area contributed by atoms with E-state index in [9.17, 15) is 9.59 Å². The fourth-order valence-electron chi connectivity index (χ4n) is 3.35.